The van der Waals surface area contributed by atoms with Crippen LogP contribution in [-0.2, 0) is 6.54 Å². The fourth-order valence-electron chi connectivity index (χ4n) is 2.43. The molecule has 1 aromatic rings. The van der Waals surface area contributed by atoms with Crippen molar-refractivity contribution < 1.29 is 0 Å². The fraction of sp³-hybridized carbons (Fsp3) is 0.615. The second-order valence-electron chi connectivity index (χ2n) is 4.84. The highest BCUT2D eigenvalue weighted by Crippen LogP contribution is 2.16. The minimum atomic E-state index is 0.667. The Labute approximate surface area is 97.9 Å². The summed E-state index contributed by atoms with van der Waals surface area (Å²) >= 11 is 0. The first-order valence-corrected chi connectivity index (χ1v) is 6.06. The quantitative estimate of drug-likeness (QED) is 0.832. The molecule has 1 aliphatic heterocycles. The lowest BCUT2D eigenvalue weighted by Gasteiger charge is -2.23. The third kappa shape index (κ3) is 3.03. The molecule has 1 aromatic heterocycles. The second-order valence-corrected chi connectivity index (χ2v) is 4.84. The summed E-state index contributed by atoms with van der Waals surface area (Å²) in [6.45, 7) is 5.66. The molecule has 0 amide bonds. The molecule has 1 N–H and O–H groups in total. The summed E-state index contributed by atoms with van der Waals surface area (Å²) in [5.74, 6) is 0.798. The van der Waals surface area contributed by atoms with Gasteiger partial charge in [-0.05, 0) is 50.6 Å². The lowest BCUT2D eigenvalue weighted by atomic mass is 10.0. The van der Waals surface area contributed by atoms with Crippen molar-refractivity contribution in [2.24, 2.45) is 5.92 Å². The summed E-state index contributed by atoms with van der Waals surface area (Å²) in [5, 5.41) is 3.50. The van der Waals surface area contributed by atoms with Gasteiger partial charge in [0.05, 0.1) is 0 Å². The van der Waals surface area contributed by atoms with E-state index in [1.165, 1.54) is 25.1 Å². The van der Waals surface area contributed by atoms with Crippen molar-refractivity contribution in [3.63, 3.8) is 0 Å². The first-order valence-electron chi connectivity index (χ1n) is 6.06. The fourth-order valence-corrected chi connectivity index (χ4v) is 2.43. The van der Waals surface area contributed by atoms with E-state index < -0.39 is 0 Å². The molecule has 88 valence electrons. The first-order chi connectivity index (χ1) is 7.75. The van der Waals surface area contributed by atoms with Crippen LogP contribution >= 0.6 is 0 Å². The summed E-state index contributed by atoms with van der Waals surface area (Å²) in [4.78, 5) is 6.45. The maximum absolute atomic E-state index is 4.04. The van der Waals surface area contributed by atoms with E-state index in [1.54, 1.807) is 0 Å². The highest BCUT2D eigenvalue weighted by molar-refractivity contribution is 5.09. The number of aromatic nitrogens is 1. The van der Waals surface area contributed by atoms with Crippen molar-refractivity contribution in [2.45, 2.75) is 25.9 Å². The normalized spacial score (nSPS) is 25.2. The van der Waals surface area contributed by atoms with Crippen molar-refractivity contribution in [1.29, 1.82) is 0 Å². The summed E-state index contributed by atoms with van der Waals surface area (Å²) in [6, 6.07) is 4.85. The lowest BCUT2D eigenvalue weighted by Crippen LogP contribution is -2.32. The van der Waals surface area contributed by atoms with E-state index in [2.05, 4.69) is 41.3 Å². The minimum absolute atomic E-state index is 0.667. The van der Waals surface area contributed by atoms with Gasteiger partial charge in [0.2, 0.25) is 0 Å². The Kier molecular flexibility index (Phi) is 3.91. The van der Waals surface area contributed by atoms with E-state index in [-0.39, 0.29) is 0 Å². The molecule has 0 aliphatic carbocycles. The highest BCUT2D eigenvalue weighted by atomic mass is 15.1. The van der Waals surface area contributed by atoms with E-state index in [4.69, 9.17) is 0 Å². The highest BCUT2D eigenvalue weighted by Gasteiger charge is 2.23. The van der Waals surface area contributed by atoms with Gasteiger partial charge >= 0.3 is 0 Å². The maximum atomic E-state index is 4.04. The summed E-state index contributed by atoms with van der Waals surface area (Å²) < 4.78 is 0. The van der Waals surface area contributed by atoms with Crippen LogP contribution in [0.1, 0.15) is 18.9 Å². The molecule has 0 radical (unpaired) electrons. The smallest absolute Gasteiger partial charge is 0.0271 e. The van der Waals surface area contributed by atoms with Gasteiger partial charge in [-0.15, -0.1) is 0 Å². The predicted octanol–water partition coefficient (Wildman–Crippen LogP) is 1.51. The SMILES string of the molecule is CC1NCCC1CN(C)Cc1ccncc1. The van der Waals surface area contributed by atoms with Gasteiger partial charge in [-0.3, -0.25) is 4.98 Å². The Balaban J connectivity index is 1.82. The molecule has 2 atom stereocenters. The van der Waals surface area contributed by atoms with Crippen molar-refractivity contribution in [3.8, 4) is 0 Å². The zero-order valence-electron chi connectivity index (χ0n) is 10.2. The van der Waals surface area contributed by atoms with Crippen LogP contribution in [0, 0.1) is 5.92 Å². The summed E-state index contributed by atoms with van der Waals surface area (Å²) in [7, 11) is 2.20. The average Bonchev–Trinajstić information content (AvgIpc) is 2.66. The molecule has 0 saturated carbocycles. The number of hydrogen-bond donors (Lipinski definition) is 1. The largest absolute Gasteiger partial charge is 0.314 e. The molecule has 1 fully saturated rings. The maximum Gasteiger partial charge on any atom is 0.0271 e. The predicted molar refractivity (Wildman–Crippen MR) is 66.1 cm³/mol. The van der Waals surface area contributed by atoms with Crippen LogP contribution in [0.5, 0.6) is 0 Å². The molecule has 1 saturated heterocycles. The molecule has 0 spiro atoms. The van der Waals surface area contributed by atoms with E-state index in [0.717, 1.165) is 12.5 Å². The Morgan fingerprint density at radius 3 is 2.81 bits per heavy atom. The van der Waals surface area contributed by atoms with Crippen molar-refractivity contribution in [2.75, 3.05) is 20.1 Å². The van der Waals surface area contributed by atoms with Gasteiger partial charge in [-0.1, -0.05) is 0 Å². The van der Waals surface area contributed by atoms with Gasteiger partial charge < -0.3 is 10.2 Å². The molecular formula is C13H21N3. The average molecular weight is 219 g/mol. The van der Waals surface area contributed by atoms with E-state index in [1.807, 2.05) is 12.4 Å². The van der Waals surface area contributed by atoms with Crippen molar-refractivity contribution >= 4 is 0 Å². The van der Waals surface area contributed by atoms with Gasteiger partial charge in [0.15, 0.2) is 0 Å². The molecular weight excluding hydrogens is 198 g/mol. The van der Waals surface area contributed by atoms with Crippen molar-refractivity contribution in [3.05, 3.63) is 30.1 Å². The number of hydrogen-bond acceptors (Lipinski definition) is 3. The number of pyridine rings is 1. The number of nitrogens with one attached hydrogen (secondary N) is 1. The van der Waals surface area contributed by atoms with Gasteiger partial charge in [0, 0.05) is 31.5 Å². The Hall–Kier alpha value is -0.930. The van der Waals surface area contributed by atoms with Crippen LogP contribution in [0.3, 0.4) is 0 Å². The topological polar surface area (TPSA) is 28.2 Å². The zero-order valence-corrected chi connectivity index (χ0v) is 10.2. The van der Waals surface area contributed by atoms with E-state index in [9.17, 15) is 0 Å². The van der Waals surface area contributed by atoms with Gasteiger partial charge in [0.25, 0.3) is 0 Å². The minimum Gasteiger partial charge on any atom is -0.314 e. The molecule has 2 rings (SSSR count). The first kappa shape index (κ1) is 11.6. The van der Waals surface area contributed by atoms with Gasteiger partial charge in [0.1, 0.15) is 0 Å². The van der Waals surface area contributed by atoms with Crippen LogP contribution < -0.4 is 5.32 Å². The summed E-state index contributed by atoms with van der Waals surface area (Å²) in [5.41, 5.74) is 1.34. The number of nitrogens with zero attached hydrogens (tertiary/aromatic N) is 2. The van der Waals surface area contributed by atoms with Crippen LogP contribution in [0.4, 0.5) is 0 Å². The Bertz CT molecular complexity index is 312. The summed E-state index contributed by atoms with van der Waals surface area (Å²) in [6.07, 6.45) is 5.04. The van der Waals surface area contributed by atoms with E-state index >= 15 is 0 Å². The van der Waals surface area contributed by atoms with Gasteiger partial charge in [-0.2, -0.15) is 0 Å². The Morgan fingerprint density at radius 1 is 1.44 bits per heavy atom. The Morgan fingerprint density at radius 2 is 2.19 bits per heavy atom. The zero-order chi connectivity index (χ0) is 11.4. The third-order valence-electron chi connectivity index (χ3n) is 3.44. The van der Waals surface area contributed by atoms with Crippen molar-refractivity contribution in [1.82, 2.24) is 15.2 Å². The number of rotatable bonds is 4. The van der Waals surface area contributed by atoms with Crippen LogP contribution in [-0.4, -0.2) is 36.1 Å². The van der Waals surface area contributed by atoms with E-state index in [0.29, 0.717) is 6.04 Å². The molecule has 2 unspecified atom stereocenters. The second kappa shape index (κ2) is 5.41. The molecule has 16 heavy (non-hydrogen) atoms. The third-order valence-corrected chi connectivity index (χ3v) is 3.44. The molecule has 2 heterocycles. The molecule has 1 aliphatic rings. The van der Waals surface area contributed by atoms with Crippen LogP contribution in [0.25, 0.3) is 0 Å². The van der Waals surface area contributed by atoms with Crippen LogP contribution in [0.15, 0.2) is 24.5 Å². The molecule has 3 heteroatoms. The van der Waals surface area contributed by atoms with Crippen LogP contribution in [0.2, 0.25) is 0 Å². The monoisotopic (exact) mass is 219 g/mol. The molecule has 0 aromatic carbocycles. The molecule has 3 nitrogen and oxygen atoms in total. The van der Waals surface area contributed by atoms with Gasteiger partial charge in [-0.25, -0.2) is 0 Å². The lowest BCUT2D eigenvalue weighted by molar-refractivity contribution is 0.259. The standard InChI is InChI=1S/C13H21N3/c1-11-13(5-8-15-11)10-16(2)9-12-3-6-14-7-4-12/h3-4,6-7,11,13,15H,5,8-10H2,1-2H3. The molecule has 0 bridgehead atoms.